The van der Waals surface area contributed by atoms with Crippen molar-refractivity contribution >= 4 is 26.0 Å². The van der Waals surface area contributed by atoms with Crippen molar-refractivity contribution in [3.05, 3.63) is 40.9 Å². The lowest BCUT2D eigenvalue weighted by Crippen LogP contribution is -2.33. The monoisotopic (exact) mass is 329 g/mol. The summed E-state index contributed by atoms with van der Waals surface area (Å²) in [5, 5.41) is 0. The van der Waals surface area contributed by atoms with Gasteiger partial charge < -0.3 is 0 Å². The number of nitrogens with zero attached hydrogens (tertiary/aromatic N) is 1. The largest absolute Gasteiger partial charge is 0.244 e. The summed E-state index contributed by atoms with van der Waals surface area (Å²) in [4.78, 5) is 0.335. The Morgan fingerprint density at radius 3 is 2.67 bits per heavy atom. The average molecular weight is 330 g/mol. The first kappa shape index (κ1) is 13.8. The van der Waals surface area contributed by atoms with Crippen LogP contribution in [0.1, 0.15) is 18.4 Å². The maximum atomic E-state index is 12.6. The third-order valence-corrected chi connectivity index (χ3v) is 5.83. The summed E-state index contributed by atoms with van der Waals surface area (Å²) >= 11 is 3.34. The second-order valence-corrected chi connectivity index (χ2v) is 7.24. The van der Waals surface area contributed by atoms with E-state index in [0.29, 0.717) is 15.9 Å². The molecule has 0 atom stereocenters. The molecule has 0 bridgehead atoms. The lowest BCUT2D eigenvalue weighted by atomic mass is 10.2. The minimum atomic E-state index is -3.43. The number of halogens is 1. The molecule has 0 unspecified atom stereocenters. The van der Waals surface area contributed by atoms with Crippen molar-refractivity contribution in [3.63, 3.8) is 0 Å². The molecule has 0 aliphatic heterocycles. The summed E-state index contributed by atoms with van der Waals surface area (Å²) in [7, 11) is -3.43. The SMILES string of the molecule is C=CCN(C1CC1)S(=O)(=O)c1ccc(C)cc1Br. The zero-order chi connectivity index (χ0) is 13.3. The van der Waals surface area contributed by atoms with Gasteiger partial charge in [-0.2, -0.15) is 4.31 Å². The second kappa shape index (κ2) is 5.15. The Hall–Kier alpha value is -0.650. The van der Waals surface area contributed by atoms with E-state index in [1.165, 1.54) is 4.31 Å². The number of aryl methyl sites for hydroxylation is 1. The molecule has 0 radical (unpaired) electrons. The van der Waals surface area contributed by atoms with Gasteiger partial charge in [-0.25, -0.2) is 8.42 Å². The summed E-state index contributed by atoms with van der Waals surface area (Å²) in [5.41, 5.74) is 1.03. The normalized spacial score (nSPS) is 15.9. The van der Waals surface area contributed by atoms with E-state index in [4.69, 9.17) is 0 Å². The van der Waals surface area contributed by atoms with Gasteiger partial charge in [0.05, 0.1) is 4.90 Å². The maximum absolute atomic E-state index is 12.6. The Kier molecular flexibility index (Phi) is 3.94. The fourth-order valence-electron chi connectivity index (χ4n) is 1.87. The van der Waals surface area contributed by atoms with E-state index in [1.807, 2.05) is 19.1 Å². The standard InChI is InChI=1S/C13H16BrNO2S/c1-3-8-15(11-5-6-11)18(16,17)13-7-4-10(2)9-12(13)14/h3-4,7,9,11H,1,5-6,8H2,2H3. The van der Waals surface area contributed by atoms with Crippen LogP contribution in [-0.2, 0) is 10.0 Å². The van der Waals surface area contributed by atoms with E-state index in [-0.39, 0.29) is 6.04 Å². The van der Waals surface area contributed by atoms with E-state index in [2.05, 4.69) is 22.5 Å². The van der Waals surface area contributed by atoms with Crippen LogP contribution in [0.25, 0.3) is 0 Å². The Balaban J connectivity index is 2.42. The molecule has 2 rings (SSSR count). The van der Waals surface area contributed by atoms with Gasteiger partial charge in [0.2, 0.25) is 10.0 Å². The summed E-state index contributed by atoms with van der Waals surface area (Å²) in [6, 6.07) is 5.44. The molecule has 1 aromatic carbocycles. The van der Waals surface area contributed by atoms with Gasteiger partial charge in [0, 0.05) is 17.1 Å². The zero-order valence-corrected chi connectivity index (χ0v) is 12.7. The minimum absolute atomic E-state index is 0.140. The first-order chi connectivity index (χ1) is 8.46. The van der Waals surface area contributed by atoms with Crippen LogP contribution in [0.3, 0.4) is 0 Å². The summed E-state index contributed by atoms with van der Waals surface area (Å²) in [6.07, 6.45) is 3.52. The summed E-state index contributed by atoms with van der Waals surface area (Å²) < 4.78 is 27.3. The summed E-state index contributed by atoms with van der Waals surface area (Å²) in [6.45, 7) is 5.94. The second-order valence-electron chi connectivity index (χ2n) is 4.53. The first-order valence-corrected chi connectivity index (χ1v) is 8.09. The predicted octanol–water partition coefficient (Wildman–Crippen LogP) is 3.10. The lowest BCUT2D eigenvalue weighted by Gasteiger charge is -2.21. The molecule has 0 spiro atoms. The molecule has 0 aromatic heterocycles. The number of benzene rings is 1. The molecule has 1 fully saturated rings. The van der Waals surface area contributed by atoms with E-state index in [9.17, 15) is 8.42 Å². The van der Waals surface area contributed by atoms with Crippen molar-refractivity contribution in [2.24, 2.45) is 0 Å². The van der Waals surface area contributed by atoms with E-state index >= 15 is 0 Å². The van der Waals surface area contributed by atoms with Crippen LogP contribution in [0.2, 0.25) is 0 Å². The maximum Gasteiger partial charge on any atom is 0.244 e. The average Bonchev–Trinajstić information content (AvgIpc) is 3.08. The Morgan fingerprint density at radius 2 is 2.17 bits per heavy atom. The van der Waals surface area contributed by atoms with Gasteiger partial charge in [-0.05, 0) is 53.4 Å². The molecule has 18 heavy (non-hydrogen) atoms. The van der Waals surface area contributed by atoms with E-state index < -0.39 is 10.0 Å². The van der Waals surface area contributed by atoms with Crippen molar-refractivity contribution in [1.82, 2.24) is 4.31 Å². The molecule has 0 heterocycles. The van der Waals surface area contributed by atoms with Crippen LogP contribution in [0.5, 0.6) is 0 Å². The van der Waals surface area contributed by atoms with Crippen molar-refractivity contribution in [2.75, 3.05) is 6.54 Å². The minimum Gasteiger partial charge on any atom is -0.207 e. The fraction of sp³-hybridized carbons (Fsp3) is 0.385. The van der Waals surface area contributed by atoms with Gasteiger partial charge in [-0.3, -0.25) is 0 Å². The van der Waals surface area contributed by atoms with Crippen LogP contribution in [0.4, 0.5) is 0 Å². The molecule has 0 amide bonds. The number of hydrogen-bond acceptors (Lipinski definition) is 2. The molecule has 0 saturated heterocycles. The van der Waals surface area contributed by atoms with Gasteiger partial charge >= 0.3 is 0 Å². The highest BCUT2D eigenvalue weighted by molar-refractivity contribution is 9.10. The Morgan fingerprint density at radius 1 is 1.50 bits per heavy atom. The highest BCUT2D eigenvalue weighted by Crippen LogP contribution is 2.34. The lowest BCUT2D eigenvalue weighted by molar-refractivity contribution is 0.435. The van der Waals surface area contributed by atoms with Crippen LogP contribution in [0.15, 0.2) is 40.2 Å². The third kappa shape index (κ3) is 2.68. The highest BCUT2D eigenvalue weighted by atomic mass is 79.9. The molecular formula is C13H16BrNO2S. The van der Waals surface area contributed by atoms with Crippen LogP contribution < -0.4 is 0 Å². The number of sulfonamides is 1. The molecule has 3 nitrogen and oxygen atoms in total. The van der Waals surface area contributed by atoms with Gasteiger partial charge in [-0.1, -0.05) is 12.1 Å². The first-order valence-electron chi connectivity index (χ1n) is 5.85. The highest BCUT2D eigenvalue weighted by Gasteiger charge is 2.37. The van der Waals surface area contributed by atoms with Crippen LogP contribution >= 0.6 is 15.9 Å². The van der Waals surface area contributed by atoms with Crippen molar-refractivity contribution in [3.8, 4) is 0 Å². The van der Waals surface area contributed by atoms with Gasteiger partial charge in [-0.15, -0.1) is 6.58 Å². The van der Waals surface area contributed by atoms with Gasteiger partial charge in [0.15, 0.2) is 0 Å². The number of rotatable bonds is 5. The molecule has 1 aliphatic carbocycles. The molecule has 0 N–H and O–H groups in total. The molecule has 1 saturated carbocycles. The number of hydrogen-bond donors (Lipinski definition) is 0. The topological polar surface area (TPSA) is 37.4 Å². The van der Waals surface area contributed by atoms with Crippen molar-refractivity contribution in [1.29, 1.82) is 0 Å². The Bertz CT molecular complexity index is 564. The van der Waals surface area contributed by atoms with Gasteiger partial charge in [0.1, 0.15) is 0 Å². The third-order valence-electron chi connectivity index (χ3n) is 2.94. The van der Waals surface area contributed by atoms with Crippen molar-refractivity contribution in [2.45, 2.75) is 30.7 Å². The Labute approximate surface area is 117 Å². The quantitative estimate of drug-likeness (QED) is 0.778. The van der Waals surface area contributed by atoms with Crippen LogP contribution in [-0.4, -0.2) is 25.3 Å². The predicted molar refractivity (Wildman–Crippen MR) is 76.0 cm³/mol. The smallest absolute Gasteiger partial charge is 0.207 e. The van der Waals surface area contributed by atoms with E-state index in [0.717, 1.165) is 18.4 Å². The zero-order valence-electron chi connectivity index (χ0n) is 10.3. The van der Waals surface area contributed by atoms with Crippen molar-refractivity contribution < 1.29 is 8.42 Å². The molecule has 98 valence electrons. The van der Waals surface area contributed by atoms with Crippen LogP contribution in [0, 0.1) is 6.92 Å². The molecular weight excluding hydrogens is 314 g/mol. The summed E-state index contributed by atoms with van der Waals surface area (Å²) in [5.74, 6) is 0. The van der Waals surface area contributed by atoms with E-state index in [1.54, 1.807) is 12.1 Å². The molecule has 1 aliphatic rings. The van der Waals surface area contributed by atoms with Gasteiger partial charge in [0.25, 0.3) is 0 Å². The molecule has 1 aromatic rings. The fourth-order valence-corrected chi connectivity index (χ4v) is 4.68. The molecule has 5 heteroatoms.